The number of hydrogen-bond donors (Lipinski definition) is 1. The Bertz CT molecular complexity index is 656. The quantitative estimate of drug-likeness (QED) is 0.446. The Morgan fingerprint density at radius 3 is 2.64 bits per heavy atom. The molecule has 1 N–H and O–H groups in total. The second-order valence-electron chi connectivity index (χ2n) is 7.89. The third-order valence-corrected chi connectivity index (χ3v) is 9.01. The molecular weight excluding hydrogens is 332 g/mol. The topological polar surface area (TPSA) is 55.8 Å². The van der Waals surface area contributed by atoms with Crippen molar-refractivity contribution < 1.29 is 19.1 Å². The third-order valence-electron chi connectivity index (χ3n) is 5.45. The molecule has 0 fully saturated rings. The molecule has 0 saturated carbocycles. The van der Waals surface area contributed by atoms with Crippen molar-refractivity contribution in [2.75, 3.05) is 13.7 Å². The van der Waals surface area contributed by atoms with E-state index in [-0.39, 0.29) is 11.0 Å². The van der Waals surface area contributed by atoms with E-state index in [4.69, 9.17) is 9.47 Å². The summed E-state index contributed by atoms with van der Waals surface area (Å²) in [6, 6.07) is 6.03. The van der Waals surface area contributed by atoms with E-state index in [2.05, 4.69) is 19.9 Å². The molecule has 1 aliphatic carbocycles. The van der Waals surface area contributed by atoms with Crippen LogP contribution in [0.15, 0.2) is 23.8 Å². The van der Waals surface area contributed by atoms with Crippen LogP contribution >= 0.6 is 0 Å². The normalized spacial score (nSPS) is 14.6. The van der Waals surface area contributed by atoms with E-state index < -0.39 is 8.32 Å². The lowest BCUT2D eigenvalue weighted by atomic mass is 9.91. The monoisotopic (exact) mass is 362 g/mol. The van der Waals surface area contributed by atoms with Gasteiger partial charge in [-0.05, 0) is 61.5 Å². The van der Waals surface area contributed by atoms with Crippen molar-refractivity contribution >= 4 is 20.4 Å². The maximum absolute atomic E-state index is 11.8. The van der Waals surface area contributed by atoms with Crippen molar-refractivity contribution in [1.82, 2.24) is 0 Å². The number of benzene rings is 1. The number of fused-ring (bicyclic) bond motifs is 1. The molecule has 0 unspecified atom stereocenters. The number of ether oxygens (including phenoxy) is 2. The molecule has 138 valence electrons. The van der Waals surface area contributed by atoms with Crippen molar-refractivity contribution in [1.29, 1.82) is 0 Å². The first kappa shape index (κ1) is 19.7. The van der Waals surface area contributed by atoms with Gasteiger partial charge in [-0.15, -0.1) is 0 Å². The molecule has 5 heteroatoms. The van der Waals surface area contributed by atoms with E-state index in [0.29, 0.717) is 18.6 Å². The maximum Gasteiger partial charge on any atom is 0.333 e. The first-order valence-corrected chi connectivity index (χ1v) is 11.9. The van der Waals surface area contributed by atoms with Gasteiger partial charge in [0.05, 0.1) is 13.7 Å². The lowest BCUT2D eigenvalue weighted by Gasteiger charge is -2.35. The molecule has 0 atom stereocenters. The molecule has 0 heterocycles. The van der Waals surface area contributed by atoms with Crippen LogP contribution in [0.3, 0.4) is 0 Å². The van der Waals surface area contributed by atoms with Crippen LogP contribution in [-0.4, -0.2) is 32.8 Å². The van der Waals surface area contributed by atoms with E-state index in [1.54, 1.807) is 0 Å². The number of aryl methyl sites for hydroxylation is 1. The summed E-state index contributed by atoms with van der Waals surface area (Å²) < 4.78 is 10.9. The van der Waals surface area contributed by atoms with Crippen molar-refractivity contribution in [2.24, 2.45) is 0 Å². The number of rotatable bonds is 7. The highest BCUT2D eigenvalue weighted by Gasteiger charge is 2.37. The molecule has 0 saturated heterocycles. The molecular formula is C20H30O4Si. The van der Waals surface area contributed by atoms with Crippen LogP contribution in [0, 0.1) is 0 Å². The van der Waals surface area contributed by atoms with Gasteiger partial charge < -0.3 is 14.3 Å². The van der Waals surface area contributed by atoms with E-state index in [9.17, 15) is 9.59 Å². The molecule has 1 aliphatic rings. The first-order chi connectivity index (χ1) is 11.7. The summed E-state index contributed by atoms with van der Waals surface area (Å²) in [6.45, 7) is 8.84. The van der Waals surface area contributed by atoms with Gasteiger partial charge in [0.25, 0.3) is 0 Å². The zero-order valence-electron chi connectivity index (χ0n) is 16.0. The molecule has 0 amide bonds. The van der Waals surface area contributed by atoms with Crippen LogP contribution in [0.5, 0.6) is 5.75 Å². The fraction of sp³-hybridized carbons (Fsp3) is 0.550. The highest BCUT2D eigenvalue weighted by atomic mass is 28.4. The lowest BCUT2D eigenvalue weighted by Crippen LogP contribution is -2.39. The zero-order chi connectivity index (χ0) is 18.7. The van der Waals surface area contributed by atoms with Crippen LogP contribution in [0.4, 0.5) is 0 Å². The highest BCUT2D eigenvalue weighted by Crippen LogP contribution is 2.40. The first-order valence-electron chi connectivity index (χ1n) is 8.91. The molecule has 2 rings (SSSR count). The summed E-state index contributed by atoms with van der Waals surface area (Å²) in [4.78, 5) is 22.2. The third kappa shape index (κ3) is 4.73. The minimum absolute atomic E-state index is 0.0373. The predicted molar refractivity (Wildman–Crippen MR) is 103 cm³/mol. The van der Waals surface area contributed by atoms with Gasteiger partial charge in [0.2, 0.25) is 0 Å². The molecule has 1 aromatic rings. The number of carbonyl (C=O) groups excluding carboxylic acids is 1. The largest absolute Gasteiger partial charge is 0.493 e. The van der Waals surface area contributed by atoms with Gasteiger partial charge in [-0.1, -0.05) is 26.0 Å². The molecule has 25 heavy (non-hydrogen) atoms. The zero-order valence-corrected chi connectivity index (χ0v) is 17.0. The van der Waals surface area contributed by atoms with Crippen molar-refractivity contribution in [3.8, 4) is 5.75 Å². The van der Waals surface area contributed by atoms with Crippen LogP contribution in [0.2, 0.25) is 18.1 Å². The SMILES string of the molecule is COC(=O)C1=Cc2c(cccc2OCCCC(C)(C)[Si](C)(C)O)CC1. The highest BCUT2D eigenvalue weighted by molar-refractivity contribution is 6.72. The fourth-order valence-corrected chi connectivity index (χ4v) is 3.70. The Hall–Kier alpha value is -1.59. The van der Waals surface area contributed by atoms with Crippen LogP contribution < -0.4 is 4.74 Å². The maximum atomic E-state index is 11.8. The summed E-state index contributed by atoms with van der Waals surface area (Å²) in [7, 11) is -0.768. The summed E-state index contributed by atoms with van der Waals surface area (Å²) >= 11 is 0. The Labute approximate surface area is 152 Å². The Kier molecular flexibility index (Phi) is 6.11. The molecule has 0 aromatic heterocycles. The average molecular weight is 363 g/mol. The van der Waals surface area contributed by atoms with Gasteiger partial charge in [-0.25, -0.2) is 4.79 Å². The van der Waals surface area contributed by atoms with Crippen LogP contribution in [0.25, 0.3) is 6.08 Å². The van der Waals surface area contributed by atoms with Gasteiger partial charge in [-0.3, -0.25) is 0 Å². The lowest BCUT2D eigenvalue weighted by molar-refractivity contribution is -0.136. The summed E-state index contributed by atoms with van der Waals surface area (Å²) in [5.41, 5.74) is 2.89. The van der Waals surface area contributed by atoms with E-state index >= 15 is 0 Å². The van der Waals surface area contributed by atoms with Gasteiger partial charge >= 0.3 is 5.97 Å². The number of carbonyl (C=O) groups is 1. The summed E-state index contributed by atoms with van der Waals surface area (Å²) in [5.74, 6) is 0.550. The second kappa shape index (κ2) is 7.75. The summed E-state index contributed by atoms with van der Waals surface area (Å²) in [5, 5.41) is -0.0373. The molecule has 4 nitrogen and oxygen atoms in total. The van der Waals surface area contributed by atoms with E-state index in [0.717, 1.165) is 30.6 Å². The Morgan fingerprint density at radius 1 is 1.28 bits per heavy atom. The minimum atomic E-state index is -2.18. The smallest absolute Gasteiger partial charge is 0.333 e. The van der Waals surface area contributed by atoms with Gasteiger partial charge in [-0.2, -0.15) is 0 Å². The number of esters is 1. The second-order valence-corrected chi connectivity index (χ2v) is 12.4. The molecule has 0 radical (unpaired) electrons. The fourth-order valence-electron chi connectivity index (χ4n) is 2.91. The van der Waals surface area contributed by atoms with Crippen molar-refractivity contribution in [3.63, 3.8) is 0 Å². The van der Waals surface area contributed by atoms with Gasteiger partial charge in [0.15, 0.2) is 8.32 Å². The van der Waals surface area contributed by atoms with Crippen LogP contribution in [0.1, 0.15) is 44.2 Å². The number of hydrogen-bond acceptors (Lipinski definition) is 4. The van der Waals surface area contributed by atoms with E-state index in [1.807, 2.05) is 31.3 Å². The van der Waals surface area contributed by atoms with E-state index in [1.165, 1.54) is 12.7 Å². The van der Waals surface area contributed by atoms with Crippen LogP contribution in [-0.2, 0) is 16.0 Å². The molecule has 0 spiro atoms. The standard InChI is InChI=1S/C20H30O4Si/c1-20(2,25(4,5)22)12-7-13-24-18-9-6-8-15-10-11-16(14-17(15)18)19(21)23-3/h6,8-9,14,22H,7,10-13H2,1-5H3. The van der Waals surface area contributed by atoms with Gasteiger partial charge in [0.1, 0.15) is 5.75 Å². The Morgan fingerprint density at radius 2 is 2.00 bits per heavy atom. The minimum Gasteiger partial charge on any atom is -0.493 e. The van der Waals surface area contributed by atoms with Crippen molar-refractivity contribution in [2.45, 2.75) is 57.7 Å². The molecule has 0 bridgehead atoms. The van der Waals surface area contributed by atoms with Crippen molar-refractivity contribution in [3.05, 3.63) is 34.9 Å². The molecule has 1 aromatic carbocycles. The predicted octanol–water partition coefficient (Wildman–Crippen LogP) is 4.33. The number of methoxy groups -OCH3 is 1. The average Bonchev–Trinajstić information content (AvgIpc) is 2.56. The molecule has 0 aliphatic heterocycles. The Balaban J connectivity index is 2.03. The van der Waals surface area contributed by atoms with Gasteiger partial charge in [0, 0.05) is 11.1 Å². The summed E-state index contributed by atoms with van der Waals surface area (Å²) in [6.07, 6.45) is 5.24.